The van der Waals surface area contributed by atoms with E-state index < -0.39 is 17.3 Å². The van der Waals surface area contributed by atoms with Crippen molar-refractivity contribution >= 4 is 23.2 Å². The second-order valence-corrected chi connectivity index (χ2v) is 8.58. The Morgan fingerprint density at radius 2 is 1.60 bits per heavy atom. The molecule has 3 N–H and O–H groups in total. The molecule has 2 atom stereocenters. The van der Waals surface area contributed by atoms with Crippen LogP contribution >= 0.6 is 11.6 Å². The highest BCUT2D eigenvalue weighted by atomic mass is 35.5. The van der Waals surface area contributed by atoms with Gasteiger partial charge in [0.2, 0.25) is 11.7 Å². The first-order chi connectivity index (χ1) is 16.7. The van der Waals surface area contributed by atoms with Crippen LogP contribution in [0.25, 0.3) is 22.5 Å². The lowest BCUT2D eigenvalue weighted by Crippen LogP contribution is -2.43. The summed E-state index contributed by atoms with van der Waals surface area (Å²) in [6.45, 7) is 3.82. The number of anilines is 1. The SMILES string of the molecule is COc1ccc(-c2cnoc2-c2cc(OC)c(OC)c(OC)c2)cc1NC(=O)C(Cl)C(N)C(C)C. The van der Waals surface area contributed by atoms with Gasteiger partial charge in [0.1, 0.15) is 11.1 Å². The smallest absolute Gasteiger partial charge is 0.244 e. The molecular weight excluding hydrogens is 474 g/mol. The number of aromatic nitrogens is 1. The van der Waals surface area contributed by atoms with Crippen molar-refractivity contribution in [2.75, 3.05) is 33.8 Å². The number of ether oxygens (including phenoxy) is 4. The van der Waals surface area contributed by atoms with Crippen LogP contribution in [0, 0.1) is 5.92 Å². The van der Waals surface area contributed by atoms with Gasteiger partial charge < -0.3 is 34.5 Å². The Labute approximate surface area is 209 Å². The lowest BCUT2D eigenvalue weighted by atomic mass is 10.00. The minimum Gasteiger partial charge on any atom is -0.495 e. The highest BCUT2D eigenvalue weighted by molar-refractivity contribution is 6.33. The van der Waals surface area contributed by atoms with Gasteiger partial charge in [0, 0.05) is 17.2 Å². The van der Waals surface area contributed by atoms with Crippen LogP contribution in [0.4, 0.5) is 5.69 Å². The van der Waals surface area contributed by atoms with Gasteiger partial charge >= 0.3 is 0 Å². The molecule has 1 heterocycles. The van der Waals surface area contributed by atoms with E-state index in [-0.39, 0.29) is 5.92 Å². The number of rotatable bonds is 10. The molecule has 0 fully saturated rings. The largest absolute Gasteiger partial charge is 0.495 e. The molecule has 188 valence electrons. The Morgan fingerprint density at radius 1 is 0.971 bits per heavy atom. The summed E-state index contributed by atoms with van der Waals surface area (Å²) < 4.78 is 27.4. The van der Waals surface area contributed by atoms with Crippen LogP contribution in [-0.2, 0) is 4.79 Å². The monoisotopic (exact) mass is 503 g/mol. The number of methoxy groups -OCH3 is 4. The Morgan fingerprint density at radius 3 is 2.14 bits per heavy atom. The van der Waals surface area contributed by atoms with E-state index in [1.165, 1.54) is 28.4 Å². The molecule has 0 aliphatic carbocycles. The van der Waals surface area contributed by atoms with Crippen LogP contribution in [0.5, 0.6) is 23.0 Å². The number of alkyl halides is 1. The number of benzene rings is 2. The molecule has 2 aromatic carbocycles. The van der Waals surface area contributed by atoms with E-state index >= 15 is 0 Å². The fraction of sp³-hybridized carbons (Fsp3) is 0.360. The third kappa shape index (κ3) is 5.47. The molecule has 10 heteroatoms. The molecule has 2 unspecified atom stereocenters. The Balaban J connectivity index is 2.02. The van der Waals surface area contributed by atoms with Gasteiger partial charge in [-0.05, 0) is 35.7 Å². The van der Waals surface area contributed by atoms with Crippen molar-refractivity contribution in [1.29, 1.82) is 0 Å². The zero-order valence-electron chi connectivity index (χ0n) is 20.5. The van der Waals surface area contributed by atoms with E-state index in [2.05, 4.69) is 10.5 Å². The molecule has 0 saturated heterocycles. The maximum absolute atomic E-state index is 12.8. The molecule has 1 amide bonds. The van der Waals surface area contributed by atoms with Gasteiger partial charge in [-0.3, -0.25) is 4.79 Å². The van der Waals surface area contributed by atoms with Gasteiger partial charge in [-0.25, -0.2) is 0 Å². The Hall–Kier alpha value is -3.43. The van der Waals surface area contributed by atoms with E-state index in [4.69, 9.17) is 40.8 Å². The number of halogens is 1. The summed E-state index contributed by atoms with van der Waals surface area (Å²) in [6.07, 6.45) is 1.59. The van der Waals surface area contributed by atoms with Gasteiger partial charge in [-0.2, -0.15) is 0 Å². The molecule has 0 aliphatic heterocycles. The molecule has 3 aromatic rings. The standard InChI is InChI=1S/C25H30ClN3O6/c1-13(2)22(27)21(26)25(30)29-17-9-14(7-8-18(17)31-3)16-12-28-35-23(16)15-10-19(32-4)24(34-6)20(11-15)33-5/h7-13,21-22H,27H2,1-6H3,(H,29,30). The Kier molecular flexibility index (Phi) is 8.48. The summed E-state index contributed by atoms with van der Waals surface area (Å²) in [6, 6.07) is 8.36. The summed E-state index contributed by atoms with van der Waals surface area (Å²) in [5, 5.41) is 5.91. The number of hydrogen-bond acceptors (Lipinski definition) is 8. The molecule has 0 saturated carbocycles. The molecular formula is C25H30ClN3O6. The van der Waals surface area contributed by atoms with Crippen LogP contribution < -0.4 is 30.0 Å². The van der Waals surface area contributed by atoms with Gasteiger partial charge in [0.05, 0.1) is 40.3 Å². The van der Waals surface area contributed by atoms with Gasteiger partial charge in [0.15, 0.2) is 17.3 Å². The first-order valence-corrected chi connectivity index (χ1v) is 11.3. The quantitative estimate of drug-likeness (QED) is 0.386. The molecule has 35 heavy (non-hydrogen) atoms. The van der Waals surface area contributed by atoms with Crippen LogP contribution in [-0.4, -0.2) is 50.9 Å². The number of hydrogen-bond donors (Lipinski definition) is 2. The predicted molar refractivity (Wildman–Crippen MR) is 135 cm³/mol. The first kappa shape index (κ1) is 26.2. The minimum absolute atomic E-state index is 0.0366. The van der Waals surface area contributed by atoms with Crippen LogP contribution in [0.15, 0.2) is 41.1 Å². The average molecular weight is 504 g/mol. The lowest BCUT2D eigenvalue weighted by molar-refractivity contribution is -0.116. The van der Waals surface area contributed by atoms with Crippen molar-refractivity contribution in [1.82, 2.24) is 5.16 Å². The summed E-state index contributed by atoms with van der Waals surface area (Å²) in [5.74, 6) is 1.97. The fourth-order valence-corrected chi connectivity index (χ4v) is 3.90. The first-order valence-electron chi connectivity index (χ1n) is 10.9. The highest BCUT2D eigenvalue weighted by Crippen LogP contribution is 2.44. The van der Waals surface area contributed by atoms with Crippen molar-refractivity contribution < 1.29 is 28.3 Å². The molecule has 1 aromatic heterocycles. The summed E-state index contributed by atoms with van der Waals surface area (Å²) in [7, 11) is 6.13. The third-order valence-corrected chi connectivity index (χ3v) is 6.11. The number of amides is 1. The Bertz CT molecular complexity index is 1150. The molecule has 0 aliphatic rings. The lowest BCUT2D eigenvalue weighted by Gasteiger charge is -2.21. The van der Waals surface area contributed by atoms with Crippen LogP contribution in [0.1, 0.15) is 13.8 Å². The van der Waals surface area contributed by atoms with Gasteiger partial charge in [-0.15, -0.1) is 11.6 Å². The minimum atomic E-state index is -0.909. The average Bonchev–Trinajstić information content (AvgIpc) is 3.36. The maximum Gasteiger partial charge on any atom is 0.244 e. The normalized spacial score (nSPS) is 12.7. The van der Waals surface area contributed by atoms with Crippen molar-refractivity contribution in [2.45, 2.75) is 25.3 Å². The zero-order valence-corrected chi connectivity index (χ0v) is 21.3. The molecule has 0 spiro atoms. The third-order valence-electron chi connectivity index (χ3n) is 5.62. The van der Waals surface area contributed by atoms with E-state index in [0.717, 1.165) is 5.56 Å². The predicted octanol–water partition coefficient (Wildman–Crippen LogP) is 4.57. The van der Waals surface area contributed by atoms with Crippen molar-refractivity contribution in [2.24, 2.45) is 11.7 Å². The van der Waals surface area contributed by atoms with Crippen molar-refractivity contribution in [3.63, 3.8) is 0 Å². The number of nitrogens with one attached hydrogen (secondary N) is 1. The second kappa shape index (κ2) is 11.3. The summed E-state index contributed by atoms with van der Waals surface area (Å²) in [4.78, 5) is 12.8. The zero-order chi connectivity index (χ0) is 25.7. The number of carbonyl (C=O) groups excluding carboxylic acids is 1. The van der Waals surface area contributed by atoms with Crippen molar-refractivity contribution in [3.05, 3.63) is 36.5 Å². The number of nitrogens with two attached hydrogens (primary N) is 1. The van der Waals surface area contributed by atoms with E-state index in [1.807, 2.05) is 19.9 Å². The summed E-state index contributed by atoms with van der Waals surface area (Å²) in [5.41, 5.74) is 8.58. The highest BCUT2D eigenvalue weighted by Gasteiger charge is 2.27. The van der Waals surface area contributed by atoms with Gasteiger partial charge in [-0.1, -0.05) is 25.1 Å². The maximum atomic E-state index is 12.8. The summed E-state index contributed by atoms with van der Waals surface area (Å²) >= 11 is 6.31. The van der Waals surface area contributed by atoms with Crippen molar-refractivity contribution in [3.8, 4) is 45.4 Å². The molecule has 3 rings (SSSR count). The second-order valence-electron chi connectivity index (χ2n) is 8.11. The van der Waals surface area contributed by atoms with E-state index in [0.29, 0.717) is 45.6 Å². The molecule has 9 nitrogen and oxygen atoms in total. The topological polar surface area (TPSA) is 118 Å². The number of nitrogens with zero attached hydrogens (tertiary/aromatic N) is 1. The number of carbonyl (C=O) groups is 1. The molecule has 0 radical (unpaired) electrons. The van der Waals surface area contributed by atoms with Crippen LogP contribution in [0.3, 0.4) is 0 Å². The van der Waals surface area contributed by atoms with Crippen LogP contribution in [0.2, 0.25) is 0 Å². The van der Waals surface area contributed by atoms with E-state index in [1.54, 1.807) is 30.5 Å². The molecule has 0 bridgehead atoms. The van der Waals surface area contributed by atoms with E-state index in [9.17, 15) is 4.79 Å². The van der Waals surface area contributed by atoms with Gasteiger partial charge in [0.25, 0.3) is 0 Å². The fourth-order valence-electron chi connectivity index (χ4n) is 3.55.